The minimum absolute atomic E-state index is 0.144. The molecule has 188 valence electrons. The third kappa shape index (κ3) is 5.73. The molecule has 2 saturated heterocycles. The van der Waals surface area contributed by atoms with Crippen LogP contribution in [0.25, 0.3) is 6.08 Å². The molecule has 0 unspecified atom stereocenters. The fourth-order valence-corrected chi connectivity index (χ4v) is 5.28. The lowest BCUT2D eigenvalue weighted by Gasteiger charge is -2.47. The maximum Gasteiger partial charge on any atom is 0.331 e. The van der Waals surface area contributed by atoms with Gasteiger partial charge < -0.3 is 23.7 Å². The molecule has 2 fully saturated rings. The highest BCUT2D eigenvalue weighted by atomic mass is 16.5. The van der Waals surface area contributed by atoms with Crippen molar-refractivity contribution >= 4 is 12.0 Å². The number of carbonyl (C=O) groups is 1. The number of piperidine rings is 2. The van der Waals surface area contributed by atoms with Gasteiger partial charge in [-0.3, -0.25) is 4.90 Å². The van der Waals surface area contributed by atoms with Gasteiger partial charge in [0, 0.05) is 31.0 Å². The van der Waals surface area contributed by atoms with E-state index in [0.29, 0.717) is 23.3 Å². The van der Waals surface area contributed by atoms with E-state index in [1.54, 1.807) is 34.5 Å². The summed E-state index contributed by atoms with van der Waals surface area (Å²) in [7, 11) is 6.48. The van der Waals surface area contributed by atoms with E-state index in [9.17, 15) is 4.79 Å². The Morgan fingerprint density at radius 1 is 0.857 bits per heavy atom. The second-order valence-electron chi connectivity index (χ2n) is 9.00. The predicted octanol–water partition coefficient (Wildman–Crippen LogP) is 5.04. The molecule has 2 aromatic carbocycles. The molecule has 0 radical (unpaired) electrons. The molecule has 0 aliphatic carbocycles. The van der Waals surface area contributed by atoms with Gasteiger partial charge in [-0.2, -0.15) is 0 Å². The number of rotatable bonds is 8. The van der Waals surface area contributed by atoms with E-state index < -0.39 is 0 Å². The van der Waals surface area contributed by atoms with Crippen LogP contribution in [0.15, 0.2) is 42.5 Å². The molecule has 0 saturated carbocycles. The van der Waals surface area contributed by atoms with Crippen LogP contribution >= 0.6 is 0 Å². The smallest absolute Gasteiger partial charge is 0.331 e. The minimum atomic E-state index is -0.333. The van der Waals surface area contributed by atoms with E-state index >= 15 is 0 Å². The molecule has 2 aromatic rings. The Hall–Kier alpha value is -3.19. The Morgan fingerprint density at radius 3 is 2.26 bits per heavy atom. The standard InChI is InChI=1S/C28H35NO6/c1-31-24-11-8-19(15-26(24)33-3)9-13-28(30)35-22-17-21-7-5-6-14-29(21)23(18-22)20-10-12-25(32-2)27(16-20)34-4/h8-13,15-16,21-23H,5-7,14,17-18H2,1-4H3/t21-,22-,23-/m0/s1. The van der Waals surface area contributed by atoms with Crippen LogP contribution in [-0.2, 0) is 9.53 Å². The normalized spacial score (nSPS) is 22.3. The molecule has 7 heteroatoms. The van der Waals surface area contributed by atoms with Gasteiger partial charge in [0.1, 0.15) is 6.10 Å². The molecular formula is C28H35NO6. The molecular weight excluding hydrogens is 446 g/mol. The summed E-state index contributed by atoms with van der Waals surface area (Å²) in [6, 6.07) is 12.2. The van der Waals surface area contributed by atoms with Crippen molar-refractivity contribution in [2.24, 2.45) is 0 Å². The number of hydrogen-bond donors (Lipinski definition) is 0. The SMILES string of the molecule is COc1ccc(C=CC(=O)O[C@H]2C[C@@H]3CCCCN3[C@H](c3ccc(OC)c(OC)c3)C2)cc1OC. The Labute approximate surface area is 207 Å². The van der Waals surface area contributed by atoms with Crippen LogP contribution in [0.3, 0.4) is 0 Å². The number of benzene rings is 2. The van der Waals surface area contributed by atoms with Crippen molar-refractivity contribution in [1.29, 1.82) is 0 Å². The summed E-state index contributed by atoms with van der Waals surface area (Å²) in [5, 5.41) is 0. The molecule has 2 heterocycles. The van der Waals surface area contributed by atoms with E-state index in [1.807, 2.05) is 24.3 Å². The Morgan fingerprint density at radius 2 is 1.54 bits per heavy atom. The zero-order valence-corrected chi connectivity index (χ0v) is 21.0. The van der Waals surface area contributed by atoms with Gasteiger partial charge in [0.05, 0.1) is 28.4 Å². The Kier molecular flexibility index (Phi) is 8.18. The topological polar surface area (TPSA) is 66.5 Å². The number of ether oxygens (including phenoxy) is 5. The molecule has 0 N–H and O–H groups in total. The fourth-order valence-electron chi connectivity index (χ4n) is 5.28. The highest BCUT2D eigenvalue weighted by molar-refractivity contribution is 5.87. The van der Waals surface area contributed by atoms with Crippen LogP contribution in [0.5, 0.6) is 23.0 Å². The zero-order valence-electron chi connectivity index (χ0n) is 21.0. The summed E-state index contributed by atoms with van der Waals surface area (Å²) >= 11 is 0. The molecule has 0 aromatic heterocycles. The van der Waals surface area contributed by atoms with Gasteiger partial charge in [-0.25, -0.2) is 4.79 Å². The summed E-state index contributed by atoms with van der Waals surface area (Å²) in [5.41, 5.74) is 2.00. The molecule has 0 amide bonds. The molecule has 35 heavy (non-hydrogen) atoms. The third-order valence-electron chi connectivity index (χ3n) is 6.99. The van der Waals surface area contributed by atoms with Gasteiger partial charge >= 0.3 is 5.97 Å². The van der Waals surface area contributed by atoms with Gasteiger partial charge in [0.25, 0.3) is 0 Å². The summed E-state index contributed by atoms with van der Waals surface area (Å²) in [5.74, 6) is 2.36. The van der Waals surface area contributed by atoms with Crippen molar-refractivity contribution in [1.82, 2.24) is 4.90 Å². The highest BCUT2D eigenvalue weighted by Crippen LogP contribution is 2.42. The maximum atomic E-state index is 12.7. The maximum absolute atomic E-state index is 12.7. The van der Waals surface area contributed by atoms with Gasteiger partial charge in [-0.1, -0.05) is 18.6 Å². The summed E-state index contributed by atoms with van der Waals surface area (Å²) in [4.78, 5) is 15.3. The van der Waals surface area contributed by atoms with Crippen molar-refractivity contribution in [3.8, 4) is 23.0 Å². The molecule has 0 spiro atoms. The summed E-state index contributed by atoms with van der Waals surface area (Å²) in [6.45, 7) is 1.06. The first-order valence-corrected chi connectivity index (χ1v) is 12.1. The van der Waals surface area contributed by atoms with Gasteiger partial charge in [0.2, 0.25) is 0 Å². The molecule has 7 nitrogen and oxygen atoms in total. The number of carbonyl (C=O) groups excluding carboxylic acids is 1. The second kappa shape index (κ2) is 11.5. The minimum Gasteiger partial charge on any atom is -0.493 e. The monoisotopic (exact) mass is 481 g/mol. The lowest BCUT2D eigenvalue weighted by atomic mass is 9.84. The van der Waals surface area contributed by atoms with E-state index in [4.69, 9.17) is 23.7 Å². The summed E-state index contributed by atoms with van der Waals surface area (Å²) in [6.07, 6.45) is 8.22. The van der Waals surface area contributed by atoms with Gasteiger partial charge in [-0.05, 0) is 60.9 Å². The first-order valence-electron chi connectivity index (χ1n) is 12.1. The first-order chi connectivity index (χ1) is 17.1. The van der Waals surface area contributed by atoms with E-state index in [1.165, 1.54) is 18.9 Å². The summed E-state index contributed by atoms with van der Waals surface area (Å²) < 4.78 is 27.5. The second-order valence-corrected chi connectivity index (χ2v) is 9.00. The molecule has 2 aliphatic rings. The van der Waals surface area contributed by atoms with E-state index in [2.05, 4.69) is 17.0 Å². The molecule has 4 rings (SSSR count). The zero-order chi connectivity index (χ0) is 24.8. The van der Waals surface area contributed by atoms with Crippen LogP contribution in [-0.4, -0.2) is 58.0 Å². The fraction of sp³-hybridized carbons (Fsp3) is 0.464. The Balaban J connectivity index is 1.48. The number of methoxy groups -OCH3 is 4. The first kappa shape index (κ1) is 24.9. The van der Waals surface area contributed by atoms with E-state index in [0.717, 1.165) is 42.7 Å². The van der Waals surface area contributed by atoms with Crippen molar-refractivity contribution in [2.45, 2.75) is 50.3 Å². The van der Waals surface area contributed by atoms with Crippen molar-refractivity contribution in [3.63, 3.8) is 0 Å². The molecule has 2 aliphatic heterocycles. The van der Waals surface area contributed by atoms with Crippen LogP contribution in [0.1, 0.15) is 49.3 Å². The van der Waals surface area contributed by atoms with E-state index in [-0.39, 0.29) is 18.1 Å². The Bertz CT molecular complexity index is 1050. The van der Waals surface area contributed by atoms with Crippen molar-refractivity contribution < 1.29 is 28.5 Å². The predicted molar refractivity (Wildman–Crippen MR) is 134 cm³/mol. The number of esters is 1. The van der Waals surface area contributed by atoms with Crippen LogP contribution in [0, 0.1) is 0 Å². The van der Waals surface area contributed by atoms with Crippen LogP contribution in [0.4, 0.5) is 0 Å². The van der Waals surface area contributed by atoms with Crippen LogP contribution < -0.4 is 18.9 Å². The molecule has 3 atom stereocenters. The van der Waals surface area contributed by atoms with Gasteiger partial charge in [-0.15, -0.1) is 0 Å². The van der Waals surface area contributed by atoms with Crippen molar-refractivity contribution in [3.05, 3.63) is 53.6 Å². The van der Waals surface area contributed by atoms with Crippen LogP contribution in [0.2, 0.25) is 0 Å². The number of hydrogen-bond acceptors (Lipinski definition) is 7. The average Bonchev–Trinajstić information content (AvgIpc) is 2.90. The lowest BCUT2D eigenvalue weighted by molar-refractivity contribution is -0.148. The highest BCUT2D eigenvalue weighted by Gasteiger charge is 2.39. The largest absolute Gasteiger partial charge is 0.493 e. The quantitative estimate of drug-likeness (QED) is 0.387. The average molecular weight is 482 g/mol. The number of fused-ring (bicyclic) bond motifs is 1. The number of nitrogens with zero attached hydrogens (tertiary/aromatic N) is 1. The van der Waals surface area contributed by atoms with Crippen molar-refractivity contribution in [2.75, 3.05) is 35.0 Å². The third-order valence-corrected chi connectivity index (χ3v) is 6.99. The lowest BCUT2D eigenvalue weighted by Crippen LogP contribution is -2.49. The molecule has 0 bridgehead atoms. The van der Waals surface area contributed by atoms with Gasteiger partial charge in [0.15, 0.2) is 23.0 Å².